The zero-order chi connectivity index (χ0) is 16.2. The summed E-state index contributed by atoms with van der Waals surface area (Å²) in [5.41, 5.74) is 6.41. The van der Waals surface area contributed by atoms with Crippen LogP contribution in [0.4, 0.5) is 0 Å². The molecular weight excluding hydrogens is 294 g/mol. The molecule has 2 aromatic rings. The molecule has 1 aromatic carbocycles. The minimum absolute atomic E-state index is 1.24. The Morgan fingerprint density at radius 1 is 0.714 bits per heavy atom. The van der Waals surface area contributed by atoms with E-state index in [2.05, 4.69) is 68.7 Å². The third-order valence-electron chi connectivity index (χ3n) is 2.87. The van der Waals surface area contributed by atoms with Crippen LogP contribution in [0.25, 0.3) is 5.69 Å². The lowest BCUT2D eigenvalue weighted by Crippen LogP contribution is -2.68. The molecule has 21 heavy (non-hydrogen) atoms. The first-order chi connectivity index (χ1) is 9.58. The highest BCUT2D eigenvalue weighted by Gasteiger charge is 2.14. The molecule has 0 aliphatic carbocycles. The average Bonchev–Trinajstić information content (AvgIpc) is 2.28. The summed E-state index contributed by atoms with van der Waals surface area (Å²) >= 11 is 0. The number of halogens is 1. The van der Waals surface area contributed by atoms with Crippen molar-refractivity contribution >= 4 is 0 Å². The van der Waals surface area contributed by atoms with E-state index >= 15 is 0 Å². The van der Waals surface area contributed by atoms with Gasteiger partial charge in [0.1, 0.15) is 0 Å². The van der Waals surface area contributed by atoms with Crippen LogP contribution in [0.15, 0.2) is 36.4 Å². The molecule has 6 heteroatoms. The SMILES string of the molecule is Cc1ccc(-[n+]2c(C)cc(C)cc2C)cc1.[O-][Cl+3]([O-])([O-])[O-]. The average molecular weight is 312 g/mol. The second kappa shape index (κ2) is 6.98. The minimum atomic E-state index is -4.94. The molecule has 0 atom stereocenters. The second-order valence-electron chi connectivity index (χ2n) is 4.86. The smallest absolute Gasteiger partial charge is 0.211 e. The second-order valence-corrected chi connectivity index (χ2v) is 5.62. The van der Waals surface area contributed by atoms with Crippen LogP contribution in [-0.4, -0.2) is 0 Å². The van der Waals surface area contributed by atoms with Crippen LogP contribution in [0.3, 0.4) is 0 Å². The van der Waals surface area contributed by atoms with Gasteiger partial charge in [0.2, 0.25) is 5.69 Å². The maximum atomic E-state index is 8.49. The first-order valence-electron chi connectivity index (χ1n) is 6.26. The van der Waals surface area contributed by atoms with E-state index in [0.29, 0.717) is 0 Å². The monoisotopic (exact) mass is 311 g/mol. The molecule has 0 amide bonds. The number of hydrogen-bond acceptors (Lipinski definition) is 4. The van der Waals surface area contributed by atoms with E-state index in [1.165, 1.54) is 28.2 Å². The highest BCUT2D eigenvalue weighted by atomic mass is 35.7. The lowest BCUT2D eigenvalue weighted by atomic mass is 10.1. The molecule has 0 unspecified atom stereocenters. The van der Waals surface area contributed by atoms with Crippen LogP contribution in [0.1, 0.15) is 22.5 Å². The summed E-state index contributed by atoms with van der Waals surface area (Å²) < 4.78 is 36.3. The maximum Gasteiger partial charge on any atom is 0.211 e. The van der Waals surface area contributed by atoms with Gasteiger partial charge in [-0.2, -0.15) is 4.57 Å². The molecule has 0 spiro atoms. The highest BCUT2D eigenvalue weighted by Crippen LogP contribution is 2.08. The summed E-state index contributed by atoms with van der Waals surface area (Å²) in [5, 5.41) is 0. The van der Waals surface area contributed by atoms with Gasteiger partial charge in [0.25, 0.3) is 0 Å². The molecule has 0 aliphatic heterocycles. The minimum Gasteiger partial charge on any atom is -0.222 e. The van der Waals surface area contributed by atoms with Gasteiger partial charge < -0.3 is 0 Å². The standard InChI is InChI=1S/C15H18N.ClHO4/c1-11-5-7-15(8-6-11)16-13(3)9-12(2)10-14(16)4;2-1(3,4)5/h5-10H,1-4H3;(H,2,3,4,5)/q+1;/p-1. The van der Waals surface area contributed by atoms with Gasteiger partial charge in [-0.05, 0) is 19.4 Å². The summed E-state index contributed by atoms with van der Waals surface area (Å²) in [6, 6.07) is 13.1. The van der Waals surface area contributed by atoms with Gasteiger partial charge in [0.05, 0.1) is 0 Å². The van der Waals surface area contributed by atoms with E-state index in [1.54, 1.807) is 0 Å². The van der Waals surface area contributed by atoms with E-state index in [4.69, 9.17) is 18.6 Å². The van der Waals surface area contributed by atoms with Crippen molar-refractivity contribution in [2.75, 3.05) is 0 Å². The quantitative estimate of drug-likeness (QED) is 0.595. The first-order valence-corrected chi connectivity index (χ1v) is 7.50. The number of hydrogen-bond donors (Lipinski definition) is 0. The summed E-state index contributed by atoms with van der Waals surface area (Å²) in [6.07, 6.45) is 0. The largest absolute Gasteiger partial charge is 0.222 e. The van der Waals surface area contributed by atoms with E-state index in [-0.39, 0.29) is 0 Å². The number of rotatable bonds is 1. The van der Waals surface area contributed by atoms with Crippen molar-refractivity contribution in [1.82, 2.24) is 0 Å². The van der Waals surface area contributed by atoms with Crippen molar-refractivity contribution in [3.63, 3.8) is 0 Å². The van der Waals surface area contributed by atoms with E-state index in [0.717, 1.165) is 0 Å². The molecule has 0 N–H and O–H groups in total. The van der Waals surface area contributed by atoms with Crippen molar-refractivity contribution in [3.8, 4) is 5.69 Å². The Hall–Kier alpha value is -1.50. The molecule has 0 bridgehead atoms. The Labute approximate surface area is 126 Å². The van der Waals surface area contributed by atoms with Crippen molar-refractivity contribution in [2.45, 2.75) is 27.7 Å². The van der Waals surface area contributed by atoms with Gasteiger partial charge >= 0.3 is 0 Å². The van der Waals surface area contributed by atoms with Crippen molar-refractivity contribution in [2.24, 2.45) is 0 Å². The third kappa shape index (κ3) is 6.20. The van der Waals surface area contributed by atoms with Gasteiger partial charge in [-0.25, -0.2) is 18.6 Å². The number of aromatic nitrogens is 1. The number of nitrogens with zero attached hydrogens (tertiary/aromatic N) is 1. The fourth-order valence-electron chi connectivity index (χ4n) is 2.21. The summed E-state index contributed by atoms with van der Waals surface area (Å²) in [6.45, 7) is 8.56. The lowest BCUT2D eigenvalue weighted by Gasteiger charge is -2.17. The van der Waals surface area contributed by atoms with E-state index in [9.17, 15) is 0 Å². The molecule has 0 radical (unpaired) electrons. The van der Waals surface area contributed by atoms with E-state index < -0.39 is 10.2 Å². The van der Waals surface area contributed by atoms with Crippen LogP contribution >= 0.6 is 0 Å². The maximum absolute atomic E-state index is 8.49. The molecule has 0 fully saturated rings. The Morgan fingerprint density at radius 3 is 1.48 bits per heavy atom. The van der Waals surface area contributed by atoms with Crippen LogP contribution in [0, 0.1) is 37.9 Å². The predicted molar refractivity (Wildman–Crippen MR) is 66.9 cm³/mol. The Morgan fingerprint density at radius 2 is 1.10 bits per heavy atom. The normalized spacial score (nSPS) is 10.9. The molecule has 1 heterocycles. The number of aryl methyl sites for hydroxylation is 4. The van der Waals surface area contributed by atoms with Gasteiger partial charge in [-0.3, -0.25) is 0 Å². The summed E-state index contributed by atoms with van der Waals surface area (Å²) in [7, 11) is -4.94. The highest BCUT2D eigenvalue weighted by molar-refractivity contribution is 5.28. The summed E-state index contributed by atoms with van der Waals surface area (Å²) in [4.78, 5) is 0. The molecule has 0 saturated heterocycles. The predicted octanol–water partition coefficient (Wildman–Crippen LogP) is -1.56. The number of pyridine rings is 1. The van der Waals surface area contributed by atoms with Crippen molar-refractivity contribution in [1.29, 1.82) is 0 Å². The Kier molecular flexibility index (Phi) is 5.83. The third-order valence-corrected chi connectivity index (χ3v) is 2.87. The first kappa shape index (κ1) is 17.6. The van der Waals surface area contributed by atoms with Crippen LogP contribution in [0.5, 0.6) is 0 Å². The van der Waals surface area contributed by atoms with Gasteiger partial charge in [0.15, 0.2) is 11.4 Å². The molecule has 2 rings (SSSR count). The Bertz CT molecular complexity index is 577. The molecule has 0 saturated carbocycles. The van der Waals surface area contributed by atoms with Gasteiger partial charge in [0, 0.05) is 38.1 Å². The van der Waals surface area contributed by atoms with Crippen LogP contribution in [0.2, 0.25) is 0 Å². The fourth-order valence-corrected chi connectivity index (χ4v) is 2.21. The molecular formula is C15H18ClNO4. The zero-order valence-electron chi connectivity index (χ0n) is 12.4. The zero-order valence-corrected chi connectivity index (χ0v) is 13.2. The van der Waals surface area contributed by atoms with Gasteiger partial charge in [-0.15, -0.1) is 10.2 Å². The van der Waals surface area contributed by atoms with E-state index in [1.807, 2.05) is 0 Å². The fraction of sp³-hybridized carbons (Fsp3) is 0.267. The topological polar surface area (TPSA) is 96.1 Å². The van der Waals surface area contributed by atoms with Crippen LogP contribution in [-0.2, 0) is 0 Å². The van der Waals surface area contributed by atoms with Crippen LogP contribution < -0.4 is 23.2 Å². The molecule has 5 nitrogen and oxygen atoms in total. The number of benzene rings is 1. The summed E-state index contributed by atoms with van der Waals surface area (Å²) in [5.74, 6) is 0. The Balaban J connectivity index is 0.000000383. The lowest BCUT2D eigenvalue weighted by molar-refractivity contribution is -2.00. The molecule has 0 aliphatic rings. The van der Waals surface area contributed by atoms with Crippen molar-refractivity contribution < 1.29 is 33.4 Å². The van der Waals surface area contributed by atoms with Gasteiger partial charge in [-0.1, -0.05) is 17.7 Å². The van der Waals surface area contributed by atoms with Crippen molar-refractivity contribution in [3.05, 3.63) is 58.9 Å². The molecule has 1 aromatic heterocycles. The molecule has 114 valence electrons.